The molecule has 0 radical (unpaired) electrons. The van der Waals surface area contributed by atoms with Crippen LogP contribution in [0.5, 0.6) is 11.5 Å². The zero-order chi connectivity index (χ0) is 26.7. The molecule has 2 aromatic carbocycles. The van der Waals surface area contributed by atoms with Gasteiger partial charge in [0.1, 0.15) is 11.5 Å². The zero-order valence-electron chi connectivity index (χ0n) is 23.5. The summed E-state index contributed by atoms with van der Waals surface area (Å²) in [5.74, 6) is 1.23. The van der Waals surface area contributed by atoms with E-state index in [1.54, 1.807) is 14.0 Å². The van der Waals surface area contributed by atoms with Crippen molar-refractivity contribution >= 4 is 5.78 Å². The molecule has 4 heteroatoms. The van der Waals surface area contributed by atoms with Crippen LogP contribution in [0.4, 0.5) is 0 Å². The number of aromatic hydroxyl groups is 2. The smallest absolute Gasteiger partial charge is 0.163 e. The predicted molar refractivity (Wildman–Crippen MR) is 152 cm³/mol. The van der Waals surface area contributed by atoms with Crippen LogP contribution < -0.4 is 0 Å². The first kappa shape index (κ1) is 27.2. The number of carbonyl (C=O) groups is 1. The normalized spacial score (nSPS) is 20.9. The van der Waals surface area contributed by atoms with Crippen LogP contribution in [0.1, 0.15) is 153 Å². The quantitative estimate of drug-likeness (QED) is 0.359. The van der Waals surface area contributed by atoms with Crippen molar-refractivity contribution in [2.45, 2.75) is 127 Å². The predicted octanol–water partition coefficient (Wildman–Crippen LogP) is 8.79. The third-order valence-electron chi connectivity index (χ3n) is 9.94. The van der Waals surface area contributed by atoms with Gasteiger partial charge in [-0.3, -0.25) is 4.79 Å². The molecule has 3 aliphatic carbocycles. The highest BCUT2D eigenvalue weighted by Crippen LogP contribution is 2.51. The fourth-order valence-corrected chi connectivity index (χ4v) is 7.81. The lowest BCUT2D eigenvalue weighted by Gasteiger charge is -2.40. The first-order valence-corrected chi connectivity index (χ1v) is 15.2. The zero-order valence-corrected chi connectivity index (χ0v) is 23.5. The highest BCUT2D eigenvalue weighted by molar-refractivity contribution is 5.97. The van der Waals surface area contributed by atoms with Crippen molar-refractivity contribution < 1.29 is 19.7 Å². The number of hydrogen-bond acceptors (Lipinski definition) is 4. The van der Waals surface area contributed by atoms with Crippen LogP contribution in [-0.2, 0) is 16.8 Å². The second kappa shape index (κ2) is 11.8. The van der Waals surface area contributed by atoms with Gasteiger partial charge in [-0.25, -0.2) is 0 Å². The van der Waals surface area contributed by atoms with E-state index in [0.29, 0.717) is 29.8 Å². The molecule has 0 aromatic heterocycles. The molecule has 4 nitrogen and oxygen atoms in total. The Balaban J connectivity index is 1.70. The molecule has 2 aromatic rings. The van der Waals surface area contributed by atoms with Crippen LogP contribution in [0.2, 0.25) is 0 Å². The Kier molecular flexibility index (Phi) is 8.47. The molecule has 0 atom stereocenters. The summed E-state index contributed by atoms with van der Waals surface area (Å²) in [4.78, 5) is 12.8. The summed E-state index contributed by atoms with van der Waals surface area (Å²) in [5, 5.41) is 22.6. The van der Waals surface area contributed by atoms with Crippen molar-refractivity contribution in [3.8, 4) is 11.5 Å². The third kappa shape index (κ3) is 5.26. The van der Waals surface area contributed by atoms with Gasteiger partial charge in [0, 0.05) is 18.1 Å². The van der Waals surface area contributed by atoms with Gasteiger partial charge < -0.3 is 14.9 Å². The maximum Gasteiger partial charge on any atom is 0.163 e. The molecule has 0 spiro atoms. The molecule has 3 fully saturated rings. The molecule has 0 amide bonds. The van der Waals surface area contributed by atoms with Crippen LogP contribution in [0, 0.1) is 0 Å². The number of ether oxygens (including phenoxy) is 1. The summed E-state index contributed by atoms with van der Waals surface area (Å²) in [7, 11) is 1.69. The van der Waals surface area contributed by atoms with Gasteiger partial charge in [0.2, 0.25) is 0 Å². The summed E-state index contributed by atoms with van der Waals surface area (Å²) >= 11 is 0. The molecule has 0 bridgehead atoms. The Morgan fingerprint density at radius 2 is 1.26 bits per heavy atom. The maximum absolute atomic E-state index is 12.8. The lowest BCUT2D eigenvalue weighted by Crippen LogP contribution is -2.31. The monoisotopic (exact) mass is 518 g/mol. The lowest BCUT2D eigenvalue weighted by atomic mass is 9.63. The van der Waals surface area contributed by atoms with Crippen LogP contribution in [-0.4, -0.2) is 23.1 Å². The second-order valence-electron chi connectivity index (χ2n) is 12.3. The van der Waals surface area contributed by atoms with E-state index in [4.69, 9.17) is 4.74 Å². The summed E-state index contributed by atoms with van der Waals surface area (Å²) in [6, 6.07) is 8.73. The fourth-order valence-electron chi connectivity index (χ4n) is 7.81. The van der Waals surface area contributed by atoms with Crippen molar-refractivity contribution in [1.82, 2.24) is 0 Å². The topological polar surface area (TPSA) is 66.8 Å². The summed E-state index contributed by atoms with van der Waals surface area (Å²) < 4.78 is 5.56. The molecule has 0 heterocycles. The number of benzene rings is 2. The first-order valence-electron chi connectivity index (χ1n) is 15.2. The van der Waals surface area contributed by atoms with E-state index in [-0.39, 0.29) is 16.9 Å². The number of hydrogen-bond donors (Lipinski definition) is 2. The number of rotatable bonds is 7. The molecule has 38 heavy (non-hydrogen) atoms. The SMILES string of the molecule is COCc1cc(C2(c3cc(C(C)=O)c(O)c(C4CCCCC4)c3)CCCCC2)cc(C2CCCCC2)c1O. The number of phenols is 2. The van der Waals surface area contributed by atoms with Gasteiger partial charge in [-0.1, -0.05) is 69.9 Å². The van der Waals surface area contributed by atoms with Crippen LogP contribution >= 0.6 is 0 Å². The minimum absolute atomic E-state index is 0.0685. The number of methoxy groups -OCH3 is 1. The van der Waals surface area contributed by atoms with Crippen LogP contribution in [0.15, 0.2) is 24.3 Å². The number of carbonyl (C=O) groups excluding carboxylic acids is 1. The Bertz CT molecular complexity index is 1130. The molecule has 0 unspecified atom stereocenters. The largest absolute Gasteiger partial charge is 0.507 e. The van der Waals surface area contributed by atoms with Gasteiger partial charge in [-0.05, 0) is 91.7 Å². The van der Waals surface area contributed by atoms with Crippen LogP contribution in [0.3, 0.4) is 0 Å². The summed E-state index contributed by atoms with van der Waals surface area (Å²) in [5.41, 5.74) is 5.57. The average Bonchev–Trinajstić information content (AvgIpc) is 2.95. The van der Waals surface area contributed by atoms with Gasteiger partial charge in [-0.2, -0.15) is 0 Å². The molecule has 0 saturated heterocycles. The van der Waals surface area contributed by atoms with E-state index in [9.17, 15) is 15.0 Å². The van der Waals surface area contributed by atoms with Gasteiger partial charge >= 0.3 is 0 Å². The standard InChI is InChI=1S/C34H46O4/c1-23(35)29-19-28(21-31(33(29)37)25-14-8-4-9-15-25)34(16-10-5-11-17-34)27-18-26(22-38-2)32(36)30(20-27)24-12-6-3-7-13-24/h18-21,24-25,36-37H,3-17,22H2,1-2H3. The molecule has 3 saturated carbocycles. The van der Waals surface area contributed by atoms with Crippen molar-refractivity contribution in [2.75, 3.05) is 7.11 Å². The fraction of sp³-hybridized carbons (Fsp3) is 0.618. The van der Waals surface area contributed by atoms with E-state index in [1.807, 2.05) is 6.07 Å². The average molecular weight is 519 g/mol. The number of phenolic OH excluding ortho intramolecular Hbond substituents is 2. The van der Waals surface area contributed by atoms with Gasteiger partial charge in [0.25, 0.3) is 0 Å². The van der Waals surface area contributed by atoms with Crippen molar-refractivity contribution in [1.29, 1.82) is 0 Å². The van der Waals surface area contributed by atoms with E-state index in [0.717, 1.165) is 68.1 Å². The molecule has 5 rings (SSSR count). The van der Waals surface area contributed by atoms with Crippen molar-refractivity contribution in [2.24, 2.45) is 0 Å². The molecule has 3 aliphatic rings. The Labute approximate surface area is 228 Å². The van der Waals surface area contributed by atoms with E-state index >= 15 is 0 Å². The van der Waals surface area contributed by atoms with Crippen molar-refractivity contribution in [3.63, 3.8) is 0 Å². The maximum atomic E-state index is 12.8. The van der Waals surface area contributed by atoms with Crippen LogP contribution in [0.25, 0.3) is 0 Å². The van der Waals surface area contributed by atoms with Gasteiger partial charge in [0.15, 0.2) is 5.78 Å². The summed E-state index contributed by atoms with van der Waals surface area (Å²) in [6.45, 7) is 1.96. The number of Topliss-reactive ketones (excluding diaryl/α,β-unsaturated/α-hetero) is 1. The van der Waals surface area contributed by atoms with E-state index < -0.39 is 0 Å². The lowest BCUT2D eigenvalue weighted by molar-refractivity contribution is 0.101. The van der Waals surface area contributed by atoms with Crippen molar-refractivity contribution in [3.05, 3.63) is 57.6 Å². The van der Waals surface area contributed by atoms with Gasteiger partial charge in [0.05, 0.1) is 12.2 Å². The summed E-state index contributed by atoms with van der Waals surface area (Å²) in [6.07, 6.45) is 17.2. The Morgan fingerprint density at radius 1 is 0.763 bits per heavy atom. The third-order valence-corrected chi connectivity index (χ3v) is 9.94. The second-order valence-corrected chi connectivity index (χ2v) is 12.3. The van der Waals surface area contributed by atoms with Gasteiger partial charge in [-0.15, -0.1) is 0 Å². The van der Waals surface area contributed by atoms with E-state index in [2.05, 4.69) is 18.2 Å². The molecular formula is C34H46O4. The molecule has 0 aliphatic heterocycles. The van der Waals surface area contributed by atoms with E-state index in [1.165, 1.54) is 56.1 Å². The first-order chi connectivity index (χ1) is 18.4. The molecular weight excluding hydrogens is 472 g/mol. The minimum atomic E-state index is -0.237. The molecule has 2 N–H and O–H groups in total. The Hall–Kier alpha value is -2.33. The highest BCUT2D eigenvalue weighted by Gasteiger charge is 2.39. The Morgan fingerprint density at radius 3 is 1.79 bits per heavy atom. The molecule has 206 valence electrons. The highest BCUT2D eigenvalue weighted by atomic mass is 16.5. The minimum Gasteiger partial charge on any atom is -0.507 e. The number of ketones is 1.